The van der Waals surface area contributed by atoms with E-state index in [-0.39, 0.29) is 18.2 Å². The topological polar surface area (TPSA) is 54.5 Å². The third-order valence-corrected chi connectivity index (χ3v) is 5.27. The number of carbonyl (C=O) groups excluding carboxylic acids is 1. The number of likely N-dealkylation sites (N-methyl/N-ethyl adjacent to an activating group) is 1. The van der Waals surface area contributed by atoms with Gasteiger partial charge in [-0.2, -0.15) is 0 Å². The Bertz CT molecular complexity index is 990. The molecule has 7 heteroatoms. The lowest BCUT2D eigenvalue weighted by atomic mass is 10.1. The average molecular weight is 414 g/mol. The third kappa shape index (κ3) is 5.62. The van der Waals surface area contributed by atoms with E-state index in [1.54, 1.807) is 17.4 Å². The number of methoxy groups -OCH3 is 1. The molecule has 0 bridgehead atoms. The first-order valence-corrected chi connectivity index (χ1v) is 10.2. The molecule has 152 valence electrons. The molecule has 0 atom stereocenters. The van der Waals surface area contributed by atoms with Crippen LogP contribution in [0.4, 0.5) is 10.1 Å². The molecule has 1 heterocycles. The smallest absolute Gasteiger partial charge is 0.238 e. The highest BCUT2D eigenvalue weighted by atomic mass is 32.1. The van der Waals surface area contributed by atoms with E-state index >= 15 is 0 Å². The monoisotopic (exact) mass is 413 g/mol. The van der Waals surface area contributed by atoms with E-state index in [1.807, 2.05) is 54.5 Å². The molecule has 0 radical (unpaired) electrons. The van der Waals surface area contributed by atoms with Crippen molar-refractivity contribution < 1.29 is 13.9 Å². The number of rotatable bonds is 8. The summed E-state index contributed by atoms with van der Waals surface area (Å²) in [4.78, 5) is 19.0. The van der Waals surface area contributed by atoms with Gasteiger partial charge >= 0.3 is 0 Å². The Kier molecular flexibility index (Phi) is 6.95. The molecule has 0 aliphatic rings. The number of aromatic nitrogens is 1. The fourth-order valence-corrected chi connectivity index (χ4v) is 3.62. The average Bonchev–Trinajstić information content (AvgIpc) is 3.14. The van der Waals surface area contributed by atoms with Gasteiger partial charge in [0.1, 0.15) is 0 Å². The second kappa shape index (κ2) is 9.62. The van der Waals surface area contributed by atoms with Gasteiger partial charge < -0.3 is 10.1 Å². The lowest BCUT2D eigenvalue weighted by Gasteiger charge is -2.20. The van der Waals surface area contributed by atoms with Crippen LogP contribution in [0.3, 0.4) is 0 Å². The van der Waals surface area contributed by atoms with Crippen molar-refractivity contribution in [1.29, 1.82) is 0 Å². The fourth-order valence-electron chi connectivity index (χ4n) is 3.00. The minimum Gasteiger partial charge on any atom is -0.494 e. The molecular weight excluding hydrogens is 389 g/mol. The summed E-state index contributed by atoms with van der Waals surface area (Å²) < 4.78 is 18.9. The zero-order chi connectivity index (χ0) is 20.8. The molecule has 1 amide bonds. The van der Waals surface area contributed by atoms with Crippen molar-refractivity contribution in [1.82, 2.24) is 9.88 Å². The Morgan fingerprint density at radius 1 is 1.28 bits per heavy atom. The van der Waals surface area contributed by atoms with Gasteiger partial charge in [-0.3, -0.25) is 9.69 Å². The van der Waals surface area contributed by atoms with Gasteiger partial charge in [0.2, 0.25) is 5.91 Å². The number of nitrogens with one attached hydrogen (secondary N) is 1. The van der Waals surface area contributed by atoms with Crippen molar-refractivity contribution in [2.24, 2.45) is 0 Å². The number of carbonyl (C=O) groups is 1. The molecule has 0 unspecified atom stereocenters. The number of halogens is 1. The van der Waals surface area contributed by atoms with Crippen molar-refractivity contribution in [3.63, 3.8) is 0 Å². The SMILES string of the molecule is CCN(CC(=O)Nc1cccc(-c2csc(C)n2)c1)Cc1ccc(OC)c(F)c1. The number of hydrogen-bond acceptors (Lipinski definition) is 5. The summed E-state index contributed by atoms with van der Waals surface area (Å²) >= 11 is 1.59. The van der Waals surface area contributed by atoms with Crippen LogP contribution in [0.25, 0.3) is 11.3 Å². The number of ether oxygens (including phenoxy) is 1. The first-order chi connectivity index (χ1) is 14.0. The second-order valence-electron chi connectivity index (χ2n) is 6.65. The van der Waals surface area contributed by atoms with Gasteiger partial charge in [-0.15, -0.1) is 11.3 Å². The minimum atomic E-state index is -0.403. The van der Waals surface area contributed by atoms with Crippen molar-refractivity contribution in [3.8, 4) is 17.0 Å². The Morgan fingerprint density at radius 3 is 2.76 bits per heavy atom. The summed E-state index contributed by atoms with van der Waals surface area (Å²) in [5.74, 6) is -0.309. The molecule has 1 N–H and O–H groups in total. The van der Waals surface area contributed by atoms with Crippen molar-refractivity contribution in [3.05, 3.63) is 64.2 Å². The highest BCUT2D eigenvalue weighted by Crippen LogP contribution is 2.24. The predicted octanol–water partition coefficient (Wildman–Crippen LogP) is 4.73. The van der Waals surface area contributed by atoms with E-state index in [0.717, 1.165) is 27.5 Å². The van der Waals surface area contributed by atoms with Gasteiger partial charge in [0.05, 0.1) is 24.4 Å². The zero-order valence-electron chi connectivity index (χ0n) is 16.7. The Hall–Kier alpha value is -2.77. The summed E-state index contributed by atoms with van der Waals surface area (Å²) in [6.45, 7) is 5.29. The predicted molar refractivity (Wildman–Crippen MR) is 115 cm³/mol. The van der Waals surface area contributed by atoms with Crippen LogP contribution >= 0.6 is 11.3 Å². The molecule has 0 aliphatic heterocycles. The van der Waals surface area contributed by atoms with Crippen LogP contribution in [-0.2, 0) is 11.3 Å². The number of nitrogens with zero attached hydrogens (tertiary/aromatic N) is 2. The first kappa shape index (κ1) is 21.0. The molecule has 0 aliphatic carbocycles. The second-order valence-corrected chi connectivity index (χ2v) is 7.72. The van der Waals surface area contributed by atoms with Crippen molar-refractivity contribution in [2.75, 3.05) is 25.5 Å². The molecule has 3 rings (SSSR count). The summed E-state index contributed by atoms with van der Waals surface area (Å²) in [5.41, 5.74) is 3.39. The summed E-state index contributed by atoms with van der Waals surface area (Å²) in [5, 5.41) is 5.95. The number of anilines is 1. The van der Waals surface area contributed by atoms with Gasteiger partial charge in [-0.1, -0.05) is 25.1 Å². The molecule has 0 saturated carbocycles. The maximum absolute atomic E-state index is 13.9. The van der Waals surface area contributed by atoms with E-state index in [9.17, 15) is 9.18 Å². The van der Waals surface area contributed by atoms with E-state index in [1.165, 1.54) is 13.2 Å². The van der Waals surface area contributed by atoms with Crippen molar-refractivity contribution >= 4 is 22.9 Å². The van der Waals surface area contributed by atoms with Crippen LogP contribution in [0.5, 0.6) is 5.75 Å². The largest absolute Gasteiger partial charge is 0.494 e. The molecule has 29 heavy (non-hydrogen) atoms. The lowest BCUT2D eigenvalue weighted by Crippen LogP contribution is -2.32. The zero-order valence-corrected chi connectivity index (χ0v) is 17.6. The lowest BCUT2D eigenvalue weighted by molar-refractivity contribution is -0.117. The van der Waals surface area contributed by atoms with Gasteiger partial charge in [0.25, 0.3) is 0 Å². The molecule has 0 spiro atoms. The summed E-state index contributed by atoms with van der Waals surface area (Å²) in [6.07, 6.45) is 0. The summed E-state index contributed by atoms with van der Waals surface area (Å²) in [7, 11) is 1.44. The Labute approximate surface area is 174 Å². The minimum absolute atomic E-state index is 0.118. The molecule has 5 nitrogen and oxygen atoms in total. The fraction of sp³-hybridized carbons (Fsp3) is 0.273. The van der Waals surface area contributed by atoms with Crippen LogP contribution in [0.1, 0.15) is 17.5 Å². The Balaban J connectivity index is 1.62. The van der Waals surface area contributed by atoms with Crippen LogP contribution < -0.4 is 10.1 Å². The van der Waals surface area contributed by atoms with E-state index < -0.39 is 5.82 Å². The number of amides is 1. The summed E-state index contributed by atoms with van der Waals surface area (Å²) in [6, 6.07) is 12.5. The highest BCUT2D eigenvalue weighted by molar-refractivity contribution is 7.09. The van der Waals surface area contributed by atoms with E-state index in [2.05, 4.69) is 10.3 Å². The van der Waals surface area contributed by atoms with Crippen LogP contribution in [-0.4, -0.2) is 36.0 Å². The molecule has 0 saturated heterocycles. The third-order valence-electron chi connectivity index (χ3n) is 4.50. The molecule has 0 fully saturated rings. The number of benzene rings is 2. The van der Waals surface area contributed by atoms with Crippen LogP contribution in [0, 0.1) is 12.7 Å². The molecular formula is C22H24FN3O2S. The van der Waals surface area contributed by atoms with Gasteiger partial charge in [-0.05, 0) is 43.3 Å². The maximum atomic E-state index is 13.9. The molecule has 1 aromatic heterocycles. The van der Waals surface area contributed by atoms with Gasteiger partial charge in [0.15, 0.2) is 11.6 Å². The van der Waals surface area contributed by atoms with Gasteiger partial charge in [0, 0.05) is 23.2 Å². The normalized spacial score (nSPS) is 10.9. The Morgan fingerprint density at radius 2 is 2.10 bits per heavy atom. The number of aryl methyl sites for hydroxylation is 1. The maximum Gasteiger partial charge on any atom is 0.238 e. The van der Waals surface area contributed by atoms with Crippen LogP contribution in [0.2, 0.25) is 0 Å². The van der Waals surface area contributed by atoms with E-state index in [0.29, 0.717) is 13.1 Å². The molecule has 3 aromatic rings. The molecule has 2 aromatic carbocycles. The standard InChI is InChI=1S/C22H24FN3O2S/c1-4-26(12-16-8-9-21(28-3)19(23)10-16)13-22(27)25-18-7-5-6-17(11-18)20-14-29-15(2)24-20/h5-11,14H,4,12-13H2,1-3H3,(H,25,27). The number of hydrogen-bond donors (Lipinski definition) is 1. The van der Waals surface area contributed by atoms with Crippen molar-refractivity contribution in [2.45, 2.75) is 20.4 Å². The van der Waals surface area contributed by atoms with E-state index in [4.69, 9.17) is 4.74 Å². The van der Waals surface area contributed by atoms with Crippen LogP contribution in [0.15, 0.2) is 47.8 Å². The quantitative estimate of drug-likeness (QED) is 0.580. The number of thiazole rings is 1. The highest BCUT2D eigenvalue weighted by Gasteiger charge is 2.12. The van der Waals surface area contributed by atoms with Gasteiger partial charge in [-0.25, -0.2) is 9.37 Å². The first-order valence-electron chi connectivity index (χ1n) is 9.35.